The second-order valence-corrected chi connectivity index (χ2v) is 16.3. The lowest BCUT2D eigenvalue weighted by Crippen LogP contribution is -2.29. The van der Waals surface area contributed by atoms with Crippen molar-refractivity contribution in [3.8, 4) is 0 Å². The summed E-state index contributed by atoms with van der Waals surface area (Å²) in [5.41, 5.74) is 5.35. The molecule has 0 fully saturated rings. The first-order valence-electron chi connectivity index (χ1n) is 22.8. The average molecular weight is 822 g/mol. The minimum atomic E-state index is -4.39. The van der Waals surface area contributed by atoms with E-state index in [0.717, 1.165) is 70.6 Å². The number of allylic oxidation sites excluding steroid dienone is 10. The molecular formula is C47H84NO8P. The Morgan fingerprint density at radius 3 is 1.44 bits per heavy atom. The van der Waals surface area contributed by atoms with Crippen molar-refractivity contribution in [3.05, 3.63) is 60.8 Å². The fourth-order valence-electron chi connectivity index (χ4n) is 6.07. The van der Waals surface area contributed by atoms with E-state index in [9.17, 15) is 19.0 Å². The van der Waals surface area contributed by atoms with Crippen molar-refractivity contribution in [2.24, 2.45) is 5.73 Å². The van der Waals surface area contributed by atoms with Crippen LogP contribution in [0.5, 0.6) is 0 Å². The first-order chi connectivity index (χ1) is 27.8. The van der Waals surface area contributed by atoms with Crippen molar-refractivity contribution < 1.29 is 37.6 Å². The lowest BCUT2D eigenvalue weighted by atomic mass is 10.0. The van der Waals surface area contributed by atoms with Gasteiger partial charge in [0.05, 0.1) is 13.2 Å². The van der Waals surface area contributed by atoms with E-state index in [1.54, 1.807) is 0 Å². The molecule has 0 rings (SSSR count). The lowest BCUT2D eigenvalue weighted by Gasteiger charge is -2.19. The highest BCUT2D eigenvalue weighted by Gasteiger charge is 2.26. The highest BCUT2D eigenvalue weighted by Crippen LogP contribution is 2.43. The fourth-order valence-corrected chi connectivity index (χ4v) is 6.84. The molecular weight excluding hydrogens is 737 g/mol. The smallest absolute Gasteiger partial charge is 0.462 e. The minimum Gasteiger partial charge on any atom is -0.462 e. The predicted molar refractivity (Wildman–Crippen MR) is 238 cm³/mol. The number of nitrogens with two attached hydrogens (primary N) is 1. The van der Waals surface area contributed by atoms with Crippen LogP contribution in [0.3, 0.4) is 0 Å². The van der Waals surface area contributed by atoms with Crippen LogP contribution in [0.25, 0.3) is 0 Å². The second kappa shape index (κ2) is 43.3. The second-order valence-electron chi connectivity index (χ2n) is 14.9. The molecule has 0 aliphatic heterocycles. The molecule has 0 saturated heterocycles. The van der Waals surface area contributed by atoms with Crippen LogP contribution in [-0.4, -0.2) is 49.3 Å². The van der Waals surface area contributed by atoms with E-state index in [4.69, 9.17) is 24.3 Å². The van der Waals surface area contributed by atoms with E-state index in [1.165, 1.54) is 83.5 Å². The molecule has 0 heterocycles. The zero-order valence-electron chi connectivity index (χ0n) is 36.3. The van der Waals surface area contributed by atoms with E-state index < -0.39 is 32.5 Å². The summed E-state index contributed by atoms with van der Waals surface area (Å²) in [7, 11) is -4.39. The first kappa shape index (κ1) is 54.7. The number of phosphoric ester groups is 1. The van der Waals surface area contributed by atoms with Gasteiger partial charge < -0.3 is 20.1 Å². The molecule has 3 N–H and O–H groups in total. The van der Waals surface area contributed by atoms with Gasteiger partial charge in [0.1, 0.15) is 6.61 Å². The zero-order chi connectivity index (χ0) is 41.8. The van der Waals surface area contributed by atoms with Gasteiger partial charge in [-0.25, -0.2) is 4.57 Å². The highest BCUT2D eigenvalue weighted by atomic mass is 31.2. The predicted octanol–water partition coefficient (Wildman–Crippen LogP) is 13.3. The van der Waals surface area contributed by atoms with E-state index in [0.29, 0.717) is 12.8 Å². The van der Waals surface area contributed by atoms with Crippen molar-refractivity contribution in [2.45, 2.75) is 200 Å². The van der Waals surface area contributed by atoms with Crippen LogP contribution < -0.4 is 5.73 Å². The van der Waals surface area contributed by atoms with E-state index in [1.807, 2.05) is 0 Å². The monoisotopic (exact) mass is 822 g/mol. The van der Waals surface area contributed by atoms with Gasteiger partial charge in [-0.2, -0.15) is 0 Å². The van der Waals surface area contributed by atoms with Crippen LogP contribution in [-0.2, 0) is 32.7 Å². The Morgan fingerprint density at radius 1 is 0.544 bits per heavy atom. The van der Waals surface area contributed by atoms with E-state index >= 15 is 0 Å². The Bertz CT molecular complexity index is 1120. The average Bonchev–Trinajstić information content (AvgIpc) is 3.20. The molecule has 0 amide bonds. The minimum absolute atomic E-state index is 0.0472. The summed E-state index contributed by atoms with van der Waals surface area (Å²) in [4.78, 5) is 34.9. The molecule has 0 radical (unpaired) electrons. The molecule has 0 saturated carbocycles. The molecule has 0 bridgehead atoms. The van der Waals surface area contributed by atoms with Crippen LogP contribution in [0, 0.1) is 0 Å². The van der Waals surface area contributed by atoms with Crippen molar-refractivity contribution in [1.29, 1.82) is 0 Å². The first-order valence-corrected chi connectivity index (χ1v) is 24.3. The Balaban J connectivity index is 4.18. The van der Waals surface area contributed by atoms with Crippen LogP contribution >= 0.6 is 7.82 Å². The fraction of sp³-hybridized carbons (Fsp3) is 0.745. The molecule has 9 nitrogen and oxygen atoms in total. The number of hydrogen-bond donors (Lipinski definition) is 2. The lowest BCUT2D eigenvalue weighted by molar-refractivity contribution is -0.161. The summed E-state index contributed by atoms with van der Waals surface area (Å²) in [5.74, 6) is -0.864. The van der Waals surface area contributed by atoms with Gasteiger partial charge in [0, 0.05) is 19.4 Å². The zero-order valence-corrected chi connectivity index (χ0v) is 37.2. The van der Waals surface area contributed by atoms with Gasteiger partial charge in [-0.15, -0.1) is 0 Å². The van der Waals surface area contributed by atoms with Crippen molar-refractivity contribution in [3.63, 3.8) is 0 Å². The molecule has 1 unspecified atom stereocenters. The number of hydrogen-bond acceptors (Lipinski definition) is 8. The highest BCUT2D eigenvalue weighted by molar-refractivity contribution is 7.47. The van der Waals surface area contributed by atoms with Gasteiger partial charge in [0.2, 0.25) is 0 Å². The van der Waals surface area contributed by atoms with Gasteiger partial charge in [0.15, 0.2) is 6.10 Å². The summed E-state index contributed by atoms with van der Waals surface area (Å²) < 4.78 is 32.8. The number of phosphoric acid groups is 1. The maximum absolute atomic E-state index is 12.6. The molecule has 0 spiro atoms. The van der Waals surface area contributed by atoms with Crippen LogP contribution in [0.2, 0.25) is 0 Å². The van der Waals surface area contributed by atoms with Crippen LogP contribution in [0.1, 0.15) is 194 Å². The van der Waals surface area contributed by atoms with Crippen LogP contribution in [0.15, 0.2) is 60.8 Å². The topological polar surface area (TPSA) is 134 Å². The maximum Gasteiger partial charge on any atom is 0.472 e. The van der Waals surface area contributed by atoms with Crippen molar-refractivity contribution >= 4 is 19.8 Å². The van der Waals surface area contributed by atoms with Gasteiger partial charge in [-0.1, -0.05) is 184 Å². The number of carbonyl (C=O) groups is 2. The summed E-state index contributed by atoms with van der Waals surface area (Å²) in [6, 6.07) is 0. The number of esters is 2. The summed E-state index contributed by atoms with van der Waals surface area (Å²) in [5, 5.41) is 0. The molecule has 330 valence electrons. The summed E-state index contributed by atoms with van der Waals surface area (Å²) in [6.45, 7) is 3.59. The van der Waals surface area contributed by atoms with Crippen LogP contribution in [0.4, 0.5) is 0 Å². The van der Waals surface area contributed by atoms with Gasteiger partial charge in [-0.3, -0.25) is 18.6 Å². The normalized spacial score (nSPS) is 13.8. The van der Waals surface area contributed by atoms with Gasteiger partial charge >= 0.3 is 19.8 Å². The Kier molecular flexibility index (Phi) is 41.6. The molecule has 57 heavy (non-hydrogen) atoms. The number of unbranched alkanes of at least 4 members (excludes halogenated alkanes) is 19. The SMILES string of the molecule is CC/C=C/C/C=C/C/C=C/C/C=C/C/C=C/CCCCCC(=O)OC[C@H](COP(=O)(O)OCCN)OC(=O)CCCCCCCCCCCCCCCCCCC. The largest absolute Gasteiger partial charge is 0.472 e. The van der Waals surface area contributed by atoms with Gasteiger partial charge in [0.25, 0.3) is 0 Å². The number of ether oxygens (including phenoxy) is 2. The maximum atomic E-state index is 12.6. The third kappa shape index (κ3) is 43.1. The molecule has 0 aliphatic rings. The van der Waals surface area contributed by atoms with E-state index in [2.05, 4.69) is 74.6 Å². The molecule has 0 aliphatic carbocycles. The standard InChI is InChI=1S/C47H84NO8P/c1-3-5-7-9-11-13-15-17-19-21-22-24-25-27-29-31-33-35-37-39-46(49)53-43-45(44-55-57(51,52)54-42-41-48)56-47(50)40-38-36-34-32-30-28-26-23-20-18-16-14-12-10-8-6-4-2/h5,7,11,13,17,19,22,24,27,29,45H,3-4,6,8-10,12,14-16,18,20-21,23,25-26,28,30-44,48H2,1-2H3,(H,51,52)/b7-5+,13-11+,19-17+,24-22+,29-27+/t45-/m1/s1. The van der Waals surface area contributed by atoms with Crippen molar-refractivity contribution in [1.82, 2.24) is 0 Å². The molecule has 2 atom stereocenters. The third-order valence-corrected chi connectivity index (χ3v) is 10.4. The Labute approximate surface area is 349 Å². The Hall–Kier alpha value is -2.29. The molecule has 0 aromatic carbocycles. The summed E-state index contributed by atoms with van der Waals surface area (Å²) in [6.07, 6.45) is 51.1. The number of carbonyl (C=O) groups excluding carboxylic acids is 2. The molecule has 0 aromatic rings. The molecule has 0 aromatic heterocycles. The van der Waals surface area contributed by atoms with Crippen molar-refractivity contribution in [2.75, 3.05) is 26.4 Å². The third-order valence-electron chi connectivity index (χ3n) is 9.42. The quantitative estimate of drug-likeness (QED) is 0.0267. The van der Waals surface area contributed by atoms with Gasteiger partial charge in [-0.05, 0) is 57.8 Å². The summed E-state index contributed by atoms with van der Waals surface area (Å²) >= 11 is 0. The number of rotatable bonds is 42. The Morgan fingerprint density at radius 2 is 0.965 bits per heavy atom. The van der Waals surface area contributed by atoms with E-state index in [-0.39, 0.29) is 32.6 Å². The molecule has 10 heteroatoms.